The van der Waals surface area contributed by atoms with Gasteiger partial charge in [0.15, 0.2) is 5.82 Å². The number of hydrogen-bond acceptors (Lipinski definition) is 4. The summed E-state index contributed by atoms with van der Waals surface area (Å²) in [6.07, 6.45) is 7.07. The number of nitrogens with zero attached hydrogens (tertiary/aromatic N) is 4. The van der Waals surface area contributed by atoms with Gasteiger partial charge in [0.1, 0.15) is 0 Å². The fourth-order valence-electron chi connectivity index (χ4n) is 5.51. The molecule has 4 bridgehead atoms. The lowest BCUT2D eigenvalue weighted by molar-refractivity contribution is -0.0488. The molecule has 1 unspecified atom stereocenters. The summed E-state index contributed by atoms with van der Waals surface area (Å²) in [5.41, 5.74) is 6.64. The zero-order valence-corrected chi connectivity index (χ0v) is 12.4. The van der Waals surface area contributed by atoms with Gasteiger partial charge < -0.3 is 5.73 Å². The second kappa shape index (κ2) is 4.52. The first-order chi connectivity index (χ1) is 9.63. The molecule has 1 aromatic rings. The fourth-order valence-corrected chi connectivity index (χ4v) is 5.51. The van der Waals surface area contributed by atoms with Crippen LogP contribution in [0.5, 0.6) is 0 Å². The highest BCUT2D eigenvalue weighted by atomic mass is 15.6. The third-order valence-corrected chi connectivity index (χ3v) is 6.02. The molecule has 0 aromatic carbocycles. The molecule has 20 heavy (non-hydrogen) atoms. The van der Waals surface area contributed by atoms with Gasteiger partial charge in [-0.15, -0.1) is 5.10 Å². The lowest BCUT2D eigenvalue weighted by Crippen LogP contribution is -2.49. The standard InChI is InChI=1S/C15H25N5/c1-8(2)20-15(17-18-19-20)14(16)13-11-4-9-3-10(6-11)7-12(13)5-9/h8-14H,3-7,16H2,1-2H3. The Morgan fingerprint density at radius 3 is 2.20 bits per heavy atom. The number of hydrogen-bond donors (Lipinski definition) is 1. The Kier molecular flexibility index (Phi) is 2.88. The van der Waals surface area contributed by atoms with Crippen molar-refractivity contribution in [1.29, 1.82) is 0 Å². The lowest BCUT2D eigenvalue weighted by Gasteiger charge is -2.55. The summed E-state index contributed by atoms with van der Waals surface area (Å²) in [5, 5.41) is 12.2. The van der Waals surface area contributed by atoms with Crippen LogP contribution in [0.1, 0.15) is 63.9 Å². The van der Waals surface area contributed by atoms with E-state index in [0.29, 0.717) is 5.92 Å². The monoisotopic (exact) mass is 275 g/mol. The van der Waals surface area contributed by atoms with E-state index in [4.69, 9.17) is 5.73 Å². The van der Waals surface area contributed by atoms with E-state index in [0.717, 1.165) is 29.5 Å². The highest BCUT2D eigenvalue weighted by Crippen LogP contribution is 2.58. The quantitative estimate of drug-likeness (QED) is 0.919. The topological polar surface area (TPSA) is 69.6 Å². The summed E-state index contributed by atoms with van der Waals surface area (Å²) < 4.78 is 1.91. The van der Waals surface area contributed by atoms with Crippen LogP contribution in [0.15, 0.2) is 0 Å². The van der Waals surface area contributed by atoms with Crippen molar-refractivity contribution in [2.75, 3.05) is 0 Å². The maximum atomic E-state index is 6.64. The van der Waals surface area contributed by atoms with E-state index in [1.54, 1.807) is 0 Å². The Labute approximate surface area is 120 Å². The third kappa shape index (κ3) is 1.82. The van der Waals surface area contributed by atoms with E-state index in [1.807, 2.05) is 4.68 Å². The van der Waals surface area contributed by atoms with Crippen molar-refractivity contribution in [3.05, 3.63) is 5.82 Å². The van der Waals surface area contributed by atoms with Gasteiger partial charge in [0.05, 0.1) is 12.1 Å². The van der Waals surface area contributed by atoms with Crippen LogP contribution in [0.2, 0.25) is 0 Å². The molecule has 0 aliphatic heterocycles. The van der Waals surface area contributed by atoms with Crippen LogP contribution < -0.4 is 5.73 Å². The predicted molar refractivity (Wildman–Crippen MR) is 75.7 cm³/mol. The van der Waals surface area contributed by atoms with Crippen molar-refractivity contribution in [3.63, 3.8) is 0 Å². The number of nitrogens with two attached hydrogens (primary N) is 1. The molecule has 4 aliphatic rings. The average molecular weight is 275 g/mol. The zero-order valence-electron chi connectivity index (χ0n) is 12.4. The van der Waals surface area contributed by atoms with E-state index in [-0.39, 0.29) is 12.1 Å². The normalized spacial score (nSPS) is 40.5. The van der Waals surface area contributed by atoms with Crippen LogP contribution in [-0.4, -0.2) is 20.2 Å². The van der Waals surface area contributed by atoms with Crippen molar-refractivity contribution in [1.82, 2.24) is 20.2 Å². The van der Waals surface area contributed by atoms with Gasteiger partial charge in [0, 0.05) is 0 Å². The summed E-state index contributed by atoms with van der Waals surface area (Å²) in [4.78, 5) is 0. The van der Waals surface area contributed by atoms with Crippen LogP contribution in [-0.2, 0) is 0 Å². The molecule has 0 spiro atoms. The fraction of sp³-hybridized carbons (Fsp3) is 0.933. The second-order valence-corrected chi connectivity index (χ2v) is 7.61. The van der Waals surface area contributed by atoms with E-state index >= 15 is 0 Å². The minimum absolute atomic E-state index is 0.0161. The first-order valence-corrected chi connectivity index (χ1v) is 8.16. The van der Waals surface area contributed by atoms with Gasteiger partial charge >= 0.3 is 0 Å². The van der Waals surface area contributed by atoms with Crippen LogP contribution in [0.4, 0.5) is 0 Å². The third-order valence-electron chi connectivity index (χ3n) is 6.02. The van der Waals surface area contributed by atoms with Crippen molar-refractivity contribution >= 4 is 0 Å². The first kappa shape index (κ1) is 12.7. The molecule has 0 radical (unpaired) electrons. The molecule has 4 saturated carbocycles. The maximum absolute atomic E-state index is 6.64. The van der Waals surface area contributed by atoms with Gasteiger partial charge in [-0.25, -0.2) is 4.68 Å². The molecule has 2 N–H and O–H groups in total. The molecule has 4 aliphatic carbocycles. The molecule has 0 saturated heterocycles. The van der Waals surface area contributed by atoms with Crippen molar-refractivity contribution in [2.45, 2.75) is 58.0 Å². The van der Waals surface area contributed by atoms with E-state index < -0.39 is 0 Å². The second-order valence-electron chi connectivity index (χ2n) is 7.61. The molecule has 1 heterocycles. The van der Waals surface area contributed by atoms with Gasteiger partial charge in [-0.3, -0.25) is 0 Å². The Hall–Kier alpha value is -0.970. The number of tetrazole rings is 1. The van der Waals surface area contributed by atoms with E-state index in [2.05, 4.69) is 29.4 Å². The van der Waals surface area contributed by atoms with Crippen LogP contribution >= 0.6 is 0 Å². The predicted octanol–water partition coefficient (Wildman–Crippen LogP) is 2.33. The Balaban J connectivity index is 1.62. The highest BCUT2D eigenvalue weighted by molar-refractivity contribution is 5.06. The van der Waals surface area contributed by atoms with E-state index in [1.165, 1.54) is 32.1 Å². The summed E-state index contributed by atoms with van der Waals surface area (Å²) >= 11 is 0. The van der Waals surface area contributed by atoms with Gasteiger partial charge in [0.2, 0.25) is 0 Å². The van der Waals surface area contributed by atoms with Crippen LogP contribution in [0, 0.1) is 29.6 Å². The summed E-state index contributed by atoms with van der Waals surface area (Å²) in [7, 11) is 0. The SMILES string of the molecule is CC(C)n1nnnc1C(N)C1C2CC3CC(C2)CC1C3. The van der Waals surface area contributed by atoms with Crippen molar-refractivity contribution in [2.24, 2.45) is 35.3 Å². The average Bonchev–Trinajstić information content (AvgIpc) is 2.86. The maximum Gasteiger partial charge on any atom is 0.168 e. The largest absolute Gasteiger partial charge is 0.321 e. The van der Waals surface area contributed by atoms with Gasteiger partial charge in [-0.1, -0.05) is 0 Å². The van der Waals surface area contributed by atoms with Gasteiger partial charge in [0.25, 0.3) is 0 Å². The molecule has 1 atom stereocenters. The molecular weight excluding hydrogens is 250 g/mol. The van der Waals surface area contributed by atoms with Crippen molar-refractivity contribution in [3.8, 4) is 0 Å². The number of aromatic nitrogens is 4. The molecule has 5 heteroatoms. The molecule has 110 valence electrons. The molecule has 0 amide bonds. The lowest BCUT2D eigenvalue weighted by atomic mass is 9.50. The van der Waals surface area contributed by atoms with Gasteiger partial charge in [-0.05, 0) is 86.0 Å². The summed E-state index contributed by atoms with van der Waals surface area (Å²) in [6.45, 7) is 4.23. The molecule has 5 nitrogen and oxygen atoms in total. The smallest absolute Gasteiger partial charge is 0.168 e. The van der Waals surface area contributed by atoms with Crippen LogP contribution in [0.25, 0.3) is 0 Å². The molecule has 1 aromatic heterocycles. The zero-order chi connectivity index (χ0) is 13.9. The minimum atomic E-state index is 0.0161. The summed E-state index contributed by atoms with van der Waals surface area (Å²) in [5.74, 6) is 5.12. The Morgan fingerprint density at radius 2 is 1.65 bits per heavy atom. The summed E-state index contributed by atoms with van der Waals surface area (Å²) in [6, 6.07) is 0.297. The number of rotatable bonds is 3. The van der Waals surface area contributed by atoms with Crippen LogP contribution in [0.3, 0.4) is 0 Å². The highest BCUT2D eigenvalue weighted by Gasteiger charge is 2.50. The van der Waals surface area contributed by atoms with E-state index in [9.17, 15) is 0 Å². The molecular formula is C15H25N5. The Bertz CT molecular complexity index is 466. The Morgan fingerprint density at radius 1 is 1.05 bits per heavy atom. The van der Waals surface area contributed by atoms with Gasteiger partial charge in [-0.2, -0.15) is 0 Å². The first-order valence-electron chi connectivity index (χ1n) is 8.16. The molecule has 4 fully saturated rings. The minimum Gasteiger partial charge on any atom is -0.321 e. The van der Waals surface area contributed by atoms with Crippen molar-refractivity contribution < 1.29 is 0 Å². The molecule has 5 rings (SSSR count).